The first-order valence-corrected chi connectivity index (χ1v) is 7.15. The molecule has 0 aromatic heterocycles. The maximum Gasteiger partial charge on any atom is 0.0666 e. The molecule has 0 heterocycles. The zero-order valence-corrected chi connectivity index (χ0v) is 12.1. The fraction of sp³-hybridized carbons (Fsp3) is 0.625. The number of hydrogen-bond acceptors (Lipinski definition) is 3. The molecule has 0 fully saturated rings. The molecule has 0 aliphatic heterocycles. The van der Waals surface area contributed by atoms with Gasteiger partial charge in [0.25, 0.3) is 0 Å². The highest BCUT2D eigenvalue weighted by Gasteiger charge is 2.25. The third-order valence-corrected chi connectivity index (χ3v) is 3.51. The maximum atomic E-state index is 9.55. The summed E-state index contributed by atoms with van der Waals surface area (Å²) in [5.41, 5.74) is 6.53. The first kappa shape index (κ1) is 16.2. The highest BCUT2D eigenvalue weighted by molar-refractivity contribution is 5.23. The zero-order valence-electron chi connectivity index (χ0n) is 12.1. The Balaban J connectivity index is 2.41. The molecule has 1 aromatic rings. The average molecular weight is 265 g/mol. The van der Waals surface area contributed by atoms with Crippen LogP contribution in [0.4, 0.5) is 0 Å². The van der Waals surface area contributed by atoms with Gasteiger partial charge in [-0.3, -0.25) is 0 Å². The Bertz CT molecular complexity index is 342. The third-order valence-electron chi connectivity index (χ3n) is 3.51. The lowest BCUT2D eigenvalue weighted by molar-refractivity contribution is 0.0732. The van der Waals surface area contributed by atoms with Crippen molar-refractivity contribution in [3.8, 4) is 0 Å². The van der Waals surface area contributed by atoms with E-state index in [9.17, 15) is 5.11 Å². The number of hydrogen-bond donors (Lipinski definition) is 2. The average Bonchev–Trinajstić information content (AvgIpc) is 2.44. The first-order chi connectivity index (χ1) is 9.12. The van der Waals surface area contributed by atoms with Gasteiger partial charge >= 0.3 is 0 Å². The van der Waals surface area contributed by atoms with Gasteiger partial charge in [0, 0.05) is 13.2 Å². The first-order valence-electron chi connectivity index (χ1n) is 7.15. The van der Waals surface area contributed by atoms with Crippen molar-refractivity contribution < 1.29 is 9.84 Å². The van der Waals surface area contributed by atoms with Crippen molar-refractivity contribution >= 4 is 0 Å². The number of aliphatic hydroxyl groups excluding tert-OH is 1. The van der Waals surface area contributed by atoms with Crippen LogP contribution in [0.15, 0.2) is 30.3 Å². The highest BCUT2D eigenvalue weighted by atomic mass is 16.5. The summed E-state index contributed by atoms with van der Waals surface area (Å²) >= 11 is 0. The van der Waals surface area contributed by atoms with Crippen molar-refractivity contribution in [2.45, 2.75) is 38.6 Å². The summed E-state index contributed by atoms with van der Waals surface area (Å²) in [7, 11) is 0. The molecule has 0 aliphatic rings. The molecule has 3 heteroatoms. The van der Waals surface area contributed by atoms with Crippen LogP contribution in [-0.2, 0) is 10.3 Å². The third kappa shape index (κ3) is 5.31. The fourth-order valence-corrected chi connectivity index (χ4v) is 2.20. The van der Waals surface area contributed by atoms with Crippen LogP contribution in [0.1, 0.15) is 38.7 Å². The molecular formula is C16H27NO2. The SMILES string of the molecule is CCCC(C)COCCC(N)(CO)c1ccccc1. The Morgan fingerprint density at radius 1 is 1.32 bits per heavy atom. The predicted octanol–water partition coefficient (Wildman–Crippen LogP) is 2.68. The van der Waals surface area contributed by atoms with E-state index in [-0.39, 0.29) is 6.61 Å². The van der Waals surface area contributed by atoms with Gasteiger partial charge in [-0.2, -0.15) is 0 Å². The minimum Gasteiger partial charge on any atom is -0.394 e. The van der Waals surface area contributed by atoms with Crippen LogP contribution < -0.4 is 5.73 Å². The number of benzene rings is 1. The van der Waals surface area contributed by atoms with Crippen molar-refractivity contribution in [3.05, 3.63) is 35.9 Å². The second-order valence-corrected chi connectivity index (χ2v) is 5.40. The summed E-state index contributed by atoms with van der Waals surface area (Å²) < 4.78 is 5.68. The highest BCUT2D eigenvalue weighted by Crippen LogP contribution is 2.21. The quantitative estimate of drug-likeness (QED) is 0.675. The molecule has 3 nitrogen and oxygen atoms in total. The largest absolute Gasteiger partial charge is 0.394 e. The Labute approximate surface area is 116 Å². The van der Waals surface area contributed by atoms with Crippen LogP contribution in [0.2, 0.25) is 0 Å². The summed E-state index contributed by atoms with van der Waals surface area (Å²) in [5.74, 6) is 0.586. The minimum absolute atomic E-state index is 0.0646. The molecule has 3 N–H and O–H groups in total. The normalized spacial score (nSPS) is 16.0. The lowest BCUT2D eigenvalue weighted by Crippen LogP contribution is -2.41. The topological polar surface area (TPSA) is 55.5 Å². The van der Waals surface area contributed by atoms with E-state index in [1.165, 1.54) is 12.8 Å². The smallest absolute Gasteiger partial charge is 0.0666 e. The van der Waals surface area contributed by atoms with Crippen molar-refractivity contribution in [2.24, 2.45) is 11.7 Å². The Hall–Kier alpha value is -0.900. The van der Waals surface area contributed by atoms with E-state index in [1.807, 2.05) is 30.3 Å². The monoisotopic (exact) mass is 265 g/mol. The molecule has 108 valence electrons. The number of rotatable bonds is 9. The van der Waals surface area contributed by atoms with Gasteiger partial charge in [-0.1, -0.05) is 50.6 Å². The van der Waals surface area contributed by atoms with Gasteiger partial charge in [-0.25, -0.2) is 0 Å². The molecule has 2 atom stereocenters. The molecule has 0 bridgehead atoms. The summed E-state index contributed by atoms with van der Waals surface area (Å²) in [4.78, 5) is 0. The molecular weight excluding hydrogens is 238 g/mol. The summed E-state index contributed by atoms with van der Waals surface area (Å²) in [6.07, 6.45) is 3.00. The molecule has 0 saturated heterocycles. The summed E-state index contributed by atoms with van der Waals surface area (Å²) in [6, 6.07) is 9.74. The minimum atomic E-state index is -0.699. The molecule has 1 aromatic carbocycles. The van der Waals surface area contributed by atoms with E-state index in [0.717, 1.165) is 12.2 Å². The van der Waals surface area contributed by atoms with Gasteiger partial charge in [0.05, 0.1) is 12.1 Å². The molecule has 0 spiro atoms. The molecule has 0 amide bonds. The second-order valence-electron chi connectivity index (χ2n) is 5.40. The van der Waals surface area contributed by atoms with E-state index in [4.69, 9.17) is 10.5 Å². The van der Waals surface area contributed by atoms with Crippen LogP contribution in [0.3, 0.4) is 0 Å². The van der Waals surface area contributed by atoms with Gasteiger partial charge < -0.3 is 15.6 Å². The molecule has 0 aliphatic carbocycles. The molecule has 1 rings (SSSR count). The van der Waals surface area contributed by atoms with E-state index >= 15 is 0 Å². The molecule has 0 saturated carbocycles. The molecule has 2 unspecified atom stereocenters. The van der Waals surface area contributed by atoms with Crippen LogP contribution in [0.25, 0.3) is 0 Å². The van der Waals surface area contributed by atoms with Gasteiger partial charge in [0.15, 0.2) is 0 Å². The van der Waals surface area contributed by atoms with Gasteiger partial charge in [0.1, 0.15) is 0 Å². The van der Waals surface area contributed by atoms with Crippen LogP contribution in [0, 0.1) is 5.92 Å². The maximum absolute atomic E-state index is 9.55. The zero-order chi connectivity index (χ0) is 14.1. The van der Waals surface area contributed by atoms with E-state index in [2.05, 4.69) is 13.8 Å². The Kier molecular flexibility index (Phi) is 7.06. The number of nitrogens with two attached hydrogens (primary N) is 1. The lowest BCUT2D eigenvalue weighted by Gasteiger charge is -2.28. The van der Waals surface area contributed by atoms with E-state index in [0.29, 0.717) is 18.9 Å². The van der Waals surface area contributed by atoms with Gasteiger partial charge in [0.2, 0.25) is 0 Å². The second kappa shape index (κ2) is 8.31. The molecule has 19 heavy (non-hydrogen) atoms. The van der Waals surface area contributed by atoms with Crippen LogP contribution in [0.5, 0.6) is 0 Å². The Morgan fingerprint density at radius 2 is 2.00 bits per heavy atom. The lowest BCUT2D eigenvalue weighted by atomic mass is 9.89. The van der Waals surface area contributed by atoms with Crippen molar-refractivity contribution in [1.82, 2.24) is 0 Å². The van der Waals surface area contributed by atoms with Crippen LogP contribution in [-0.4, -0.2) is 24.9 Å². The predicted molar refractivity (Wildman–Crippen MR) is 78.9 cm³/mol. The number of ether oxygens (including phenoxy) is 1. The van der Waals surface area contributed by atoms with Crippen molar-refractivity contribution in [3.63, 3.8) is 0 Å². The summed E-state index contributed by atoms with van der Waals surface area (Å²) in [6.45, 7) is 5.67. The molecule has 0 radical (unpaired) electrons. The van der Waals surface area contributed by atoms with E-state index < -0.39 is 5.54 Å². The standard InChI is InChI=1S/C16H27NO2/c1-3-7-14(2)12-19-11-10-16(17,13-18)15-8-5-4-6-9-15/h4-6,8-9,14,18H,3,7,10-13,17H2,1-2H3. The fourth-order valence-electron chi connectivity index (χ4n) is 2.20. The van der Waals surface area contributed by atoms with Crippen molar-refractivity contribution in [2.75, 3.05) is 19.8 Å². The van der Waals surface area contributed by atoms with Crippen molar-refractivity contribution in [1.29, 1.82) is 0 Å². The van der Waals surface area contributed by atoms with Gasteiger partial charge in [-0.05, 0) is 24.3 Å². The Morgan fingerprint density at radius 3 is 2.58 bits per heavy atom. The van der Waals surface area contributed by atoms with Crippen LogP contribution >= 0.6 is 0 Å². The van der Waals surface area contributed by atoms with E-state index in [1.54, 1.807) is 0 Å². The van der Waals surface area contributed by atoms with Gasteiger partial charge in [-0.15, -0.1) is 0 Å². The summed E-state index contributed by atoms with van der Waals surface area (Å²) in [5, 5.41) is 9.55. The number of aliphatic hydroxyl groups is 1.